The molecule has 3 saturated heterocycles. The highest BCUT2D eigenvalue weighted by atomic mass is 19.2. The minimum absolute atomic E-state index is 0. The van der Waals surface area contributed by atoms with Crippen LogP contribution in [0.3, 0.4) is 0 Å². The smallest absolute Gasteiger partial charge is 0.351 e. The lowest BCUT2D eigenvalue weighted by molar-refractivity contribution is -0.207. The molecule has 0 saturated carbocycles. The molecule has 3 fully saturated rings. The SMILES string of the molecule is C.C.C.CC[C@@]1(F)O[C@@H](N2C=CC(=O)CC2=O)[C@](C)(N=[N+]=[N-])[C@@H]1C.CC[C@@]1(F)O[C@@H](n2ccc(N)nc2=O)[C@](C)(N=[N+]=[N-])[C@@H]1C.C[C@]1(N=[N+]=[N-])[C@H](n2ccc(N)nc2=O)O[C@](F)(CO)[C@H]1O. The lowest BCUT2D eigenvalue weighted by atomic mass is 9.82. The number of aliphatic hydroxyl groups is 2. The van der Waals surface area contributed by atoms with Gasteiger partial charge in [0.2, 0.25) is 17.6 Å². The average molecular weight is 941 g/mol. The first-order chi connectivity index (χ1) is 29.3. The van der Waals surface area contributed by atoms with Crippen LogP contribution >= 0.6 is 0 Å². The number of amides is 1. The number of rotatable bonds is 9. The second kappa shape index (κ2) is 21.4. The molecule has 12 atom stereocenters. The molecule has 25 nitrogen and oxygen atoms in total. The maximum Gasteiger partial charge on any atom is 0.351 e. The van der Waals surface area contributed by atoms with Gasteiger partial charge in [0.15, 0.2) is 24.5 Å². The Bertz CT molecular complexity index is 2280. The summed E-state index contributed by atoms with van der Waals surface area (Å²) in [4.78, 5) is 63.3. The molecule has 0 aromatic carbocycles. The van der Waals surface area contributed by atoms with E-state index < -0.39 is 94.7 Å². The number of ether oxygens (including phenoxy) is 3. The van der Waals surface area contributed by atoms with Crippen LogP contribution in [-0.2, 0) is 23.8 Å². The Morgan fingerprint density at radius 3 is 1.50 bits per heavy atom. The fourth-order valence-electron chi connectivity index (χ4n) is 7.60. The number of nitrogen functional groups attached to an aromatic ring is 2. The summed E-state index contributed by atoms with van der Waals surface area (Å²) >= 11 is 0. The molecule has 6 N–H and O–H groups in total. The predicted molar refractivity (Wildman–Crippen MR) is 233 cm³/mol. The van der Waals surface area contributed by atoms with E-state index in [2.05, 4.69) is 40.0 Å². The topological polar surface area (TPSA) is 374 Å². The van der Waals surface area contributed by atoms with Crippen molar-refractivity contribution in [2.75, 3.05) is 18.1 Å². The number of allylic oxidation sites excluding steroid dienone is 1. The van der Waals surface area contributed by atoms with Crippen molar-refractivity contribution >= 4 is 23.3 Å². The number of nitrogens with two attached hydrogens (primary N) is 2. The van der Waals surface area contributed by atoms with E-state index in [1.165, 1.54) is 37.5 Å². The van der Waals surface area contributed by atoms with Gasteiger partial charge in [-0.25, -0.2) is 22.8 Å². The number of hydrogen-bond acceptors (Lipinski definition) is 16. The van der Waals surface area contributed by atoms with E-state index >= 15 is 0 Å². The lowest BCUT2D eigenvalue weighted by Crippen LogP contribution is -2.50. The van der Waals surface area contributed by atoms with Crippen molar-refractivity contribution in [3.8, 4) is 0 Å². The van der Waals surface area contributed by atoms with E-state index in [-0.39, 0.29) is 59.0 Å². The highest BCUT2D eigenvalue weighted by Gasteiger charge is 2.64. The predicted octanol–water partition coefficient (Wildman–Crippen LogP) is 5.92. The number of hydrogen-bond donors (Lipinski definition) is 4. The molecule has 4 aliphatic heterocycles. The van der Waals surface area contributed by atoms with Crippen molar-refractivity contribution in [2.24, 2.45) is 27.2 Å². The summed E-state index contributed by atoms with van der Waals surface area (Å²) in [5.74, 6) is -9.18. The molecule has 6 rings (SSSR count). The zero-order chi connectivity index (χ0) is 47.5. The van der Waals surface area contributed by atoms with Crippen LogP contribution in [-0.4, -0.2) is 99.0 Å². The van der Waals surface area contributed by atoms with Gasteiger partial charge in [-0.05, 0) is 55.6 Å². The largest absolute Gasteiger partial charge is 0.390 e. The maximum absolute atomic E-state index is 14.8. The summed E-state index contributed by atoms with van der Waals surface area (Å²) in [5, 5.41) is 29.8. The first-order valence-corrected chi connectivity index (χ1v) is 19.1. The molecule has 2 aromatic rings. The van der Waals surface area contributed by atoms with Crippen molar-refractivity contribution in [3.05, 3.63) is 89.1 Å². The molecule has 4 aliphatic rings. The molecule has 366 valence electrons. The maximum atomic E-state index is 14.8. The summed E-state index contributed by atoms with van der Waals surface area (Å²) in [5.41, 5.74) is 31.0. The van der Waals surface area contributed by atoms with Gasteiger partial charge in [0.05, 0.1) is 17.5 Å². The van der Waals surface area contributed by atoms with Crippen LogP contribution in [0.4, 0.5) is 24.8 Å². The fourth-order valence-corrected chi connectivity index (χ4v) is 7.60. The van der Waals surface area contributed by atoms with Crippen LogP contribution in [0.5, 0.6) is 0 Å². The van der Waals surface area contributed by atoms with Crippen LogP contribution in [0.25, 0.3) is 31.3 Å². The molecule has 28 heteroatoms. The van der Waals surface area contributed by atoms with Crippen LogP contribution in [0.2, 0.25) is 0 Å². The van der Waals surface area contributed by atoms with Crippen molar-refractivity contribution in [2.45, 2.75) is 149 Å². The number of azide groups is 3. The zero-order valence-electron chi connectivity index (χ0n) is 35.1. The van der Waals surface area contributed by atoms with Crippen molar-refractivity contribution in [3.63, 3.8) is 0 Å². The second-order valence-electron chi connectivity index (χ2n) is 15.6. The van der Waals surface area contributed by atoms with Crippen molar-refractivity contribution in [1.29, 1.82) is 0 Å². The van der Waals surface area contributed by atoms with Crippen LogP contribution < -0.4 is 22.8 Å². The average Bonchev–Trinajstić information content (AvgIpc) is 3.65. The van der Waals surface area contributed by atoms with Gasteiger partial charge < -0.3 is 35.9 Å². The fraction of sp³-hybridized carbons (Fsp3) is 0.684. The van der Waals surface area contributed by atoms with E-state index in [0.717, 1.165) is 20.2 Å². The molecule has 0 spiro atoms. The van der Waals surface area contributed by atoms with Crippen molar-refractivity contribution < 1.29 is 47.2 Å². The highest BCUT2D eigenvalue weighted by molar-refractivity contribution is 6.06. The quantitative estimate of drug-likeness (QED) is 0.0982. The van der Waals surface area contributed by atoms with Gasteiger partial charge in [0.25, 0.3) is 5.85 Å². The number of carbonyl (C=O) groups is 2. The van der Waals surface area contributed by atoms with Crippen LogP contribution in [0.1, 0.15) is 102 Å². The number of halogens is 3. The summed E-state index contributed by atoms with van der Waals surface area (Å²) in [6.07, 6.45) is -0.813. The van der Waals surface area contributed by atoms with Gasteiger partial charge in [-0.2, -0.15) is 9.97 Å². The molecule has 66 heavy (non-hydrogen) atoms. The number of alkyl halides is 3. The molecule has 2 aromatic heterocycles. The number of aliphatic hydroxyl groups excluding tert-OH is 2. The summed E-state index contributed by atoms with van der Waals surface area (Å²) < 4.78 is 61.7. The van der Waals surface area contributed by atoms with Gasteiger partial charge >= 0.3 is 11.4 Å². The number of carbonyl (C=O) groups excluding carboxylic acids is 2. The van der Waals surface area contributed by atoms with Crippen LogP contribution in [0.15, 0.2) is 61.7 Å². The van der Waals surface area contributed by atoms with Crippen LogP contribution in [0, 0.1) is 11.8 Å². The Kier molecular flexibility index (Phi) is 18.7. The molecule has 0 unspecified atom stereocenters. The molecule has 0 bridgehead atoms. The van der Waals surface area contributed by atoms with E-state index in [1.807, 2.05) is 0 Å². The van der Waals surface area contributed by atoms with E-state index in [9.17, 15) is 37.5 Å². The summed E-state index contributed by atoms with van der Waals surface area (Å²) in [6.45, 7) is 9.54. The second-order valence-corrected chi connectivity index (χ2v) is 15.6. The van der Waals surface area contributed by atoms with Crippen molar-refractivity contribution in [1.82, 2.24) is 24.0 Å². The minimum Gasteiger partial charge on any atom is -0.390 e. The molecule has 1 amide bonds. The Hall–Kier alpha value is -6.24. The van der Waals surface area contributed by atoms with Gasteiger partial charge in [-0.3, -0.25) is 23.6 Å². The number of nitrogens with zero attached hydrogens (tertiary/aromatic N) is 14. The standard InChI is InChI=1S/C13H17FN4O3.C12H17FN6O2.C10H13FN6O4.3CH4/c1-4-13(14)8(2)12(3,16-17-15)11(21-13)18-6-5-9(19)7-10(18)20;1-4-12(13)7(2)11(3,17-18-15)9(21-12)19-6-5-8(14)16-10(19)20;1-9(15-16-13)6(19)10(11,4-18)21-7(9)17-3-2-5(12)14-8(17)20;;;/h5-6,8,11H,4,7H2,1-3H3;5-7,9H,4H2,1-3H3,(H2,14,16,20);2-3,6-7,18-19H,4H2,1H3,(H2,12,14,20);3*1H4/t8-,11+,12+,13+;7-,9+,11+,12+;6-,7+,9+,10+;;;/m000.../s1. The number of anilines is 2. The Balaban J connectivity index is 0.000000484. The highest BCUT2D eigenvalue weighted by Crippen LogP contribution is 2.53. The Morgan fingerprint density at radius 1 is 0.742 bits per heavy atom. The molecule has 0 aliphatic carbocycles. The van der Waals surface area contributed by atoms with Gasteiger partial charge in [-0.1, -0.05) is 65.3 Å². The number of ketones is 1. The van der Waals surface area contributed by atoms with Gasteiger partial charge in [-0.15, -0.1) is 0 Å². The first-order valence-electron chi connectivity index (χ1n) is 19.1. The van der Waals surface area contributed by atoms with Gasteiger partial charge in [0, 0.05) is 58.0 Å². The third-order valence-electron chi connectivity index (χ3n) is 11.9. The molecule has 0 radical (unpaired) electrons. The molecular weight excluding hydrogens is 882 g/mol. The molecular formula is C38H59F3N16O9. The third kappa shape index (κ3) is 10.2. The number of aromatic nitrogens is 4. The third-order valence-corrected chi connectivity index (χ3v) is 11.9. The first kappa shape index (κ1) is 57.8. The summed E-state index contributed by atoms with van der Waals surface area (Å²) in [6, 6.07) is 2.65. The van der Waals surface area contributed by atoms with E-state index in [0.29, 0.717) is 0 Å². The lowest BCUT2D eigenvalue weighted by Gasteiger charge is -2.35. The van der Waals surface area contributed by atoms with E-state index in [4.69, 9.17) is 47.4 Å². The van der Waals surface area contributed by atoms with E-state index in [1.54, 1.807) is 41.5 Å². The zero-order valence-corrected chi connectivity index (χ0v) is 35.1. The normalized spacial score (nSPS) is 35.1. The van der Waals surface area contributed by atoms with Gasteiger partial charge in [0.1, 0.15) is 29.9 Å². The Morgan fingerprint density at radius 2 is 1.12 bits per heavy atom. The monoisotopic (exact) mass is 940 g/mol. The minimum atomic E-state index is -2.88. The summed E-state index contributed by atoms with van der Waals surface area (Å²) in [7, 11) is 0. The molecule has 6 heterocycles. The Labute approximate surface area is 377 Å².